The number of benzene rings is 9. The van der Waals surface area contributed by atoms with Gasteiger partial charge >= 0.3 is 0 Å². The average molecular weight is 744 g/mol. The second kappa shape index (κ2) is 13.6. The number of thiophene rings is 1. The number of rotatable bonds is 7. The third-order valence-corrected chi connectivity index (χ3v) is 12.9. The Balaban J connectivity index is 1.19. The molecule has 1 heterocycles. The fourth-order valence-corrected chi connectivity index (χ4v) is 10.3. The van der Waals surface area contributed by atoms with Crippen LogP contribution < -0.4 is 4.90 Å². The summed E-state index contributed by atoms with van der Waals surface area (Å²) in [5.41, 5.74) is 15.3. The van der Waals surface area contributed by atoms with Crippen molar-refractivity contribution in [1.29, 1.82) is 0 Å². The molecule has 0 spiro atoms. The van der Waals surface area contributed by atoms with E-state index in [1.54, 1.807) is 0 Å². The summed E-state index contributed by atoms with van der Waals surface area (Å²) in [5.74, 6) is 0. The van der Waals surface area contributed by atoms with Crippen LogP contribution in [0.1, 0.15) is 22.3 Å². The number of hydrogen-bond acceptors (Lipinski definition) is 2. The fourth-order valence-electron chi connectivity index (χ4n) is 9.26. The van der Waals surface area contributed by atoms with E-state index < -0.39 is 5.41 Å². The van der Waals surface area contributed by atoms with Gasteiger partial charge in [0.2, 0.25) is 0 Å². The van der Waals surface area contributed by atoms with Crippen LogP contribution in [0.3, 0.4) is 0 Å². The van der Waals surface area contributed by atoms with Gasteiger partial charge in [-0.25, -0.2) is 0 Å². The highest BCUT2D eigenvalue weighted by molar-refractivity contribution is 7.25. The molecule has 1 aromatic heterocycles. The molecule has 57 heavy (non-hydrogen) atoms. The van der Waals surface area contributed by atoms with Gasteiger partial charge in [-0.15, -0.1) is 11.3 Å². The summed E-state index contributed by atoms with van der Waals surface area (Å²) < 4.78 is 2.60. The van der Waals surface area contributed by atoms with Crippen molar-refractivity contribution < 1.29 is 0 Å². The second-order valence-corrected chi connectivity index (χ2v) is 15.9. The molecule has 0 amide bonds. The zero-order chi connectivity index (χ0) is 37.8. The van der Waals surface area contributed by atoms with Gasteiger partial charge in [-0.3, -0.25) is 0 Å². The van der Waals surface area contributed by atoms with Gasteiger partial charge < -0.3 is 4.90 Å². The molecule has 268 valence electrons. The molecule has 1 aliphatic carbocycles. The molecule has 0 saturated heterocycles. The molecule has 0 atom stereocenters. The van der Waals surface area contributed by atoms with Crippen molar-refractivity contribution in [2.24, 2.45) is 0 Å². The minimum absolute atomic E-state index is 0.507. The van der Waals surface area contributed by atoms with Crippen molar-refractivity contribution in [3.05, 3.63) is 247 Å². The highest BCUT2D eigenvalue weighted by Gasteiger charge is 2.46. The summed E-state index contributed by atoms with van der Waals surface area (Å²) in [4.78, 5) is 2.49. The third kappa shape index (κ3) is 5.37. The van der Waals surface area contributed by atoms with Crippen LogP contribution in [0.25, 0.3) is 53.6 Å². The van der Waals surface area contributed by atoms with E-state index in [1.165, 1.54) is 75.8 Å². The predicted octanol–water partition coefficient (Wildman–Crippen LogP) is 15.2. The molecular formula is C55H37NS. The Morgan fingerprint density at radius 2 is 0.895 bits per heavy atom. The quantitative estimate of drug-likeness (QED) is 0.157. The van der Waals surface area contributed by atoms with E-state index in [-0.39, 0.29) is 0 Å². The van der Waals surface area contributed by atoms with Gasteiger partial charge in [0.1, 0.15) is 0 Å². The monoisotopic (exact) mass is 743 g/mol. The van der Waals surface area contributed by atoms with Gasteiger partial charge in [-0.1, -0.05) is 176 Å². The Bertz CT molecular complexity index is 3030. The minimum atomic E-state index is -0.507. The van der Waals surface area contributed by atoms with E-state index in [1.807, 2.05) is 11.3 Å². The van der Waals surface area contributed by atoms with Gasteiger partial charge in [-0.2, -0.15) is 0 Å². The van der Waals surface area contributed by atoms with Gasteiger partial charge in [0.15, 0.2) is 0 Å². The zero-order valence-electron chi connectivity index (χ0n) is 31.2. The second-order valence-electron chi connectivity index (χ2n) is 14.8. The molecule has 9 aromatic carbocycles. The molecule has 1 nitrogen and oxygen atoms in total. The maximum Gasteiger partial charge on any atom is 0.0714 e. The van der Waals surface area contributed by atoms with Crippen LogP contribution in [0.4, 0.5) is 17.1 Å². The van der Waals surface area contributed by atoms with Gasteiger partial charge in [0.05, 0.1) is 11.1 Å². The molecule has 10 aromatic rings. The number of anilines is 3. The smallest absolute Gasteiger partial charge is 0.0714 e. The predicted molar refractivity (Wildman–Crippen MR) is 242 cm³/mol. The SMILES string of the molecule is c1ccc(-c2cccc(-c3ccccc3N(c3ccc4c(c3)C(c3ccccc3)(c3ccccc3)c3ccccc3-4)c3ccc4sc5ccccc5c4c3)c2)cc1. The molecule has 2 heteroatoms. The molecule has 0 bridgehead atoms. The topological polar surface area (TPSA) is 3.24 Å². The van der Waals surface area contributed by atoms with Crippen LogP contribution in [0, 0.1) is 0 Å². The zero-order valence-corrected chi connectivity index (χ0v) is 32.0. The molecule has 0 fully saturated rings. The van der Waals surface area contributed by atoms with Crippen molar-refractivity contribution in [2.75, 3.05) is 4.90 Å². The van der Waals surface area contributed by atoms with E-state index in [9.17, 15) is 0 Å². The van der Waals surface area contributed by atoms with E-state index in [4.69, 9.17) is 0 Å². The van der Waals surface area contributed by atoms with Crippen LogP contribution in [-0.2, 0) is 5.41 Å². The van der Waals surface area contributed by atoms with Crippen LogP contribution >= 0.6 is 11.3 Å². The van der Waals surface area contributed by atoms with Crippen LogP contribution in [0.5, 0.6) is 0 Å². The number of nitrogens with zero attached hydrogens (tertiary/aromatic N) is 1. The Morgan fingerprint density at radius 3 is 1.68 bits per heavy atom. The standard InChI is InChI=1S/C55H37NS/c1-4-17-38(18-5-1)39-19-16-20-40(35-39)45-25-11-14-29-52(45)56(43-32-34-54-49(36-43)48-27-12-15-30-53(48)57-54)44-31-33-47-46-26-10-13-28-50(46)55(51(47)37-44,41-21-6-2-7-22-41)42-23-8-3-9-24-42/h1-37H. The first-order chi connectivity index (χ1) is 28.3. The van der Waals surface area contributed by atoms with E-state index in [2.05, 4.69) is 229 Å². The summed E-state index contributed by atoms with van der Waals surface area (Å²) in [7, 11) is 0. The third-order valence-electron chi connectivity index (χ3n) is 11.7. The number of fused-ring (bicyclic) bond motifs is 6. The molecule has 0 saturated carbocycles. The minimum Gasteiger partial charge on any atom is -0.310 e. The highest BCUT2D eigenvalue weighted by atomic mass is 32.1. The maximum atomic E-state index is 2.49. The maximum absolute atomic E-state index is 2.49. The molecular weight excluding hydrogens is 707 g/mol. The van der Waals surface area contributed by atoms with Crippen molar-refractivity contribution in [2.45, 2.75) is 5.41 Å². The molecule has 11 rings (SSSR count). The Hall–Kier alpha value is -7.00. The lowest BCUT2D eigenvalue weighted by atomic mass is 9.67. The van der Waals surface area contributed by atoms with Crippen LogP contribution in [0.15, 0.2) is 224 Å². The first-order valence-electron chi connectivity index (χ1n) is 19.6. The van der Waals surface area contributed by atoms with Crippen molar-refractivity contribution in [3.63, 3.8) is 0 Å². The molecule has 0 N–H and O–H groups in total. The largest absolute Gasteiger partial charge is 0.310 e. The fraction of sp³-hybridized carbons (Fsp3) is 0.0182. The molecule has 1 aliphatic rings. The van der Waals surface area contributed by atoms with Crippen molar-refractivity contribution >= 4 is 48.6 Å². The van der Waals surface area contributed by atoms with Crippen molar-refractivity contribution in [1.82, 2.24) is 0 Å². The summed E-state index contributed by atoms with van der Waals surface area (Å²) >= 11 is 1.86. The number of para-hydroxylation sites is 1. The molecule has 0 radical (unpaired) electrons. The van der Waals surface area contributed by atoms with E-state index in [0.717, 1.165) is 17.1 Å². The average Bonchev–Trinajstić information content (AvgIpc) is 3.81. The first-order valence-corrected chi connectivity index (χ1v) is 20.4. The van der Waals surface area contributed by atoms with Gasteiger partial charge in [0.25, 0.3) is 0 Å². The summed E-state index contributed by atoms with van der Waals surface area (Å²) in [5, 5.41) is 2.57. The molecule has 0 unspecified atom stereocenters. The Labute approximate surface area is 337 Å². The van der Waals surface area contributed by atoms with Crippen LogP contribution in [-0.4, -0.2) is 0 Å². The lowest BCUT2D eigenvalue weighted by Crippen LogP contribution is -2.28. The van der Waals surface area contributed by atoms with Crippen molar-refractivity contribution in [3.8, 4) is 33.4 Å². The first kappa shape index (κ1) is 33.3. The van der Waals surface area contributed by atoms with Gasteiger partial charge in [0, 0.05) is 37.1 Å². The molecule has 0 aliphatic heterocycles. The summed E-state index contributed by atoms with van der Waals surface area (Å²) in [6.07, 6.45) is 0. The highest BCUT2D eigenvalue weighted by Crippen LogP contribution is 2.57. The van der Waals surface area contributed by atoms with E-state index in [0.29, 0.717) is 0 Å². The van der Waals surface area contributed by atoms with Crippen LogP contribution in [0.2, 0.25) is 0 Å². The van der Waals surface area contributed by atoms with E-state index >= 15 is 0 Å². The van der Waals surface area contributed by atoms with Gasteiger partial charge in [-0.05, 0) is 98.6 Å². The lowest BCUT2D eigenvalue weighted by molar-refractivity contribution is 0.768. The Kier molecular flexibility index (Phi) is 7.98. The summed E-state index contributed by atoms with van der Waals surface area (Å²) in [6, 6.07) is 82.6. The normalized spacial score (nSPS) is 12.7. The lowest BCUT2D eigenvalue weighted by Gasteiger charge is -2.35. The summed E-state index contributed by atoms with van der Waals surface area (Å²) in [6.45, 7) is 0. The number of hydrogen-bond donors (Lipinski definition) is 0. The Morgan fingerprint density at radius 1 is 0.333 bits per heavy atom.